The number of benzene rings is 2. The molecule has 180 valence electrons. The molecule has 2 aromatic carbocycles. The molecule has 0 unspecified atom stereocenters. The highest BCUT2D eigenvalue weighted by atomic mass is 32.2. The number of thioether (sulfide) groups is 2. The normalized spacial score (nSPS) is 23.0. The van der Waals surface area contributed by atoms with Crippen LogP contribution in [0.3, 0.4) is 0 Å². The fourth-order valence-corrected chi connectivity index (χ4v) is 7.03. The predicted molar refractivity (Wildman–Crippen MR) is 128 cm³/mol. The van der Waals surface area contributed by atoms with Gasteiger partial charge < -0.3 is 9.64 Å². The summed E-state index contributed by atoms with van der Waals surface area (Å²) in [5, 5.41) is 23.3. The van der Waals surface area contributed by atoms with Gasteiger partial charge in [-0.1, -0.05) is 30.0 Å². The Morgan fingerprint density at radius 2 is 2.00 bits per heavy atom. The molecule has 3 aromatic rings. The van der Waals surface area contributed by atoms with Crippen LogP contribution in [0, 0.1) is 10.1 Å². The van der Waals surface area contributed by atoms with Crippen LogP contribution in [0.25, 0.3) is 5.69 Å². The van der Waals surface area contributed by atoms with Crippen LogP contribution in [0.2, 0.25) is 0 Å². The number of ether oxygens (including phenoxy) is 1. The van der Waals surface area contributed by atoms with Crippen LogP contribution in [0.5, 0.6) is 0 Å². The second-order valence-electron chi connectivity index (χ2n) is 8.32. The zero-order valence-corrected chi connectivity index (χ0v) is 20.1. The van der Waals surface area contributed by atoms with Crippen molar-refractivity contribution >= 4 is 41.1 Å². The summed E-state index contributed by atoms with van der Waals surface area (Å²) in [5.41, 5.74) is 1.41. The summed E-state index contributed by atoms with van der Waals surface area (Å²) in [4.78, 5) is 37.5. The first-order valence-corrected chi connectivity index (χ1v) is 12.6. The third-order valence-electron chi connectivity index (χ3n) is 5.89. The van der Waals surface area contributed by atoms with E-state index in [0.29, 0.717) is 22.9 Å². The Kier molecular flexibility index (Phi) is 6.19. The quantitative estimate of drug-likeness (QED) is 0.146. The minimum Gasteiger partial charge on any atom is -0.459 e. The maximum atomic E-state index is 13.2. The van der Waals surface area contributed by atoms with Crippen molar-refractivity contribution in [3.63, 3.8) is 0 Å². The van der Waals surface area contributed by atoms with Gasteiger partial charge in [0, 0.05) is 17.9 Å². The Balaban J connectivity index is 1.30. The van der Waals surface area contributed by atoms with Crippen LogP contribution in [-0.4, -0.2) is 63.8 Å². The molecule has 0 radical (unpaired) electrons. The number of hydrogen-bond acceptors (Lipinski definition) is 10. The van der Waals surface area contributed by atoms with E-state index in [1.807, 2.05) is 37.3 Å². The van der Waals surface area contributed by atoms with Gasteiger partial charge in [-0.25, -0.2) is 4.79 Å². The second-order valence-corrected chi connectivity index (χ2v) is 11.0. The van der Waals surface area contributed by atoms with E-state index in [-0.39, 0.29) is 23.6 Å². The SMILES string of the molecule is C[C@@]1(CSc2nnnn2-c2ccccc2)S[C@H]2CC(=O)N2[C@H]1C(=O)OCc1ccc([N+](=O)[O-])cc1. The largest absolute Gasteiger partial charge is 0.459 e. The summed E-state index contributed by atoms with van der Waals surface area (Å²) in [6.45, 7) is 1.91. The Bertz CT molecular complexity index is 1270. The van der Waals surface area contributed by atoms with Crippen molar-refractivity contribution in [2.24, 2.45) is 0 Å². The molecule has 5 rings (SSSR count). The molecule has 2 aliphatic heterocycles. The van der Waals surface area contributed by atoms with Crippen molar-refractivity contribution in [2.75, 3.05) is 5.75 Å². The van der Waals surface area contributed by atoms with Gasteiger partial charge in [0.05, 0.1) is 27.2 Å². The third-order valence-corrected chi connectivity index (χ3v) is 8.90. The van der Waals surface area contributed by atoms with E-state index in [0.717, 1.165) is 5.69 Å². The Labute approximate surface area is 208 Å². The zero-order valence-electron chi connectivity index (χ0n) is 18.5. The van der Waals surface area contributed by atoms with Gasteiger partial charge >= 0.3 is 5.97 Å². The molecule has 0 bridgehead atoms. The van der Waals surface area contributed by atoms with Crippen LogP contribution in [0.1, 0.15) is 18.9 Å². The van der Waals surface area contributed by atoms with E-state index < -0.39 is 21.7 Å². The average Bonchev–Trinajstić information content (AvgIpc) is 3.42. The molecule has 0 aliphatic carbocycles. The molecular formula is C22H20N6O5S2. The topological polar surface area (TPSA) is 133 Å². The number of fused-ring (bicyclic) bond motifs is 1. The number of non-ortho nitro benzene ring substituents is 1. The molecule has 1 aromatic heterocycles. The molecule has 0 saturated carbocycles. The number of aromatic nitrogens is 4. The van der Waals surface area contributed by atoms with E-state index in [4.69, 9.17) is 4.74 Å². The number of nitro groups is 1. The molecule has 3 atom stereocenters. The van der Waals surface area contributed by atoms with Gasteiger partial charge in [0.2, 0.25) is 11.1 Å². The first-order valence-electron chi connectivity index (χ1n) is 10.7. The smallest absolute Gasteiger partial charge is 0.330 e. The molecular weight excluding hydrogens is 492 g/mol. The number of esters is 1. The second kappa shape index (κ2) is 9.30. The van der Waals surface area contributed by atoms with Crippen LogP contribution in [-0.2, 0) is 20.9 Å². The maximum absolute atomic E-state index is 13.2. The van der Waals surface area contributed by atoms with E-state index in [1.54, 1.807) is 33.5 Å². The summed E-state index contributed by atoms with van der Waals surface area (Å²) in [7, 11) is 0. The Morgan fingerprint density at radius 3 is 2.69 bits per heavy atom. The standard InChI is InChI=1S/C22H20N6O5S2/c1-22(13-34-21-23-24-25-27(21)15-5-3-2-4-6-15)19(26-17(29)11-18(26)35-22)20(30)33-12-14-7-9-16(10-8-14)28(31)32/h2-10,18-19H,11-13H2,1H3/t18-,19-,22-/m0/s1. The van der Waals surface area contributed by atoms with Gasteiger partial charge in [-0.2, -0.15) is 4.68 Å². The minimum absolute atomic E-state index is 0.0382. The highest BCUT2D eigenvalue weighted by Gasteiger charge is 2.61. The number of carbonyl (C=O) groups excluding carboxylic acids is 2. The van der Waals surface area contributed by atoms with Gasteiger partial charge in [-0.15, -0.1) is 16.9 Å². The lowest BCUT2D eigenvalue weighted by Gasteiger charge is -2.37. The van der Waals surface area contributed by atoms with E-state index in [9.17, 15) is 19.7 Å². The Hall–Kier alpha value is -3.45. The molecule has 2 aliphatic rings. The van der Waals surface area contributed by atoms with E-state index in [2.05, 4.69) is 15.5 Å². The number of nitro benzene ring substituents is 1. The van der Waals surface area contributed by atoms with Gasteiger partial charge in [-0.3, -0.25) is 14.9 Å². The molecule has 11 nitrogen and oxygen atoms in total. The minimum atomic E-state index is -0.759. The molecule has 35 heavy (non-hydrogen) atoms. The average molecular weight is 513 g/mol. The molecule has 2 fully saturated rings. The van der Waals surface area contributed by atoms with Crippen molar-refractivity contribution in [1.82, 2.24) is 25.1 Å². The van der Waals surface area contributed by atoms with Crippen molar-refractivity contribution in [3.8, 4) is 5.69 Å². The predicted octanol–water partition coefficient (Wildman–Crippen LogP) is 2.84. The van der Waals surface area contributed by atoms with Gasteiger partial charge in [0.1, 0.15) is 12.6 Å². The van der Waals surface area contributed by atoms with Crippen molar-refractivity contribution in [1.29, 1.82) is 0 Å². The maximum Gasteiger partial charge on any atom is 0.330 e. The van der Waals surface area contributed by atoms with Gasteiger partial charge in [-0.05, 0) is 47.2 Å². The summed E-state index contributed by atoms with van der Waals surface area (Å²) >= 11 is 3.00. The van der Waals surface area contributed by atoms with Crippen LogP contribution < -0.4 is 0 Å². The van der Waals surface area contributed by atoms with Crippen molar-refractivity contribution < 1.29 is 19.2 Å². The van der Waals surface area contributed by atoms with Crippen LogP contribution in [0.4, 0.5) is 5.69 Å². The van der Waals surface area contributed by atoms with Crippen LogP contribution >= 0.6 is 23.5 Å². The first-order chi connectivity index (χ1) is 16.9. The van der Waals surface area contributed by atoms with Crippen LogP contribution in [0.15, 0.2) is 59.8 Å². The lowest BCUT2D eigenvalue weighted by atomic mass is 9.98. The number of rotatable bonds is 8. The van der Waals surface area contributed by atoms with Gasteiger partial charge in [0.25, 0.3) is 5.69 Å². The molecule has 2 saturated heterocycles. The van der Waals surface area contributed by atoms with Crippen molar-refractivity contribution in [3.05, 3.63) is 70.3 Å². The lowest BCUT2D eigenvalue weighted by Crippen LogP contribution is -2.58. The third kappa shape index (κ3) is 4.48. The number of tetrazole rings is 1. The molecule has 1 amide bonds. The summed E-state index contributed by atoms with van der Waals surface area (Å²) in [6.07, 6.45) is 0.388. The Morgan fingerprint density at radius 1 is 1.26 bits per heavy atom. The number of hydrogen-bond donors (Lipinski definition) is 0. The van der Waals surface area contributed by atoms with Crippen molar-refractivity contribution in [2.45, 2.75) is 41.3 Å². The number of amides is 1. The molecule has 0 N–H and O–H groups in total. The zero-order chi connectivity index (χ0) is 24.6. The highest BCUT2D eigenvalue weighted by Crippen LogP contribution is 2.52. The number of para-hydroxylation sites is 1. The highest BCUT2D eigenvalue weighted by molar-refractivity contribution is 8.04. The molecule has 0 spiro atoms. The summed E-state index contributed by atoms with van der Waals surface area (Å²) in [6, 6.07) is 14.6. The lowest BCUT2D eigenvalue weighted by molar-refractivity contribution is -0.384. The first kappa shape index (κ1) is 23.3. The van der Waals surface area contributed by atoms with Gasteiger partial charge in [0.15, 0.2) is 0 Å². The summed E-state index contributed by atoms with van der Waals surface area (Å²) < 4.78 is 6.58. The molecule has 13 heteroatoms. The fourth-order valence-electron chi connectivity index (χ4n) is 4.11. The fraction of sp³-hybridized carbons (Fsp3) is 0.318. The van der Waals surface area contributed by atoms with E-state index in [1.165, 1.54) is 23.9 Å². The number of β-lactam (4-membered cyclic amide) rings is 1. The summed E-state index contributed by atoms with van der Waals surface area (Å²) in [5.74, 6) is -0.109. The number of carbonyl (C=O) groups is 2. The molecule has 3 heterocycles. The van der Waals surface area contributed by atoms with E-state index >= 15 is 0 Å². The number of nitrogens with zero attached hydrogens (tertiary/aromatic N) is 6. The monoisotopic (exact) mass is 512 g/mol.